The van der Waals surface area contributed by atoms with Gasteiger partial charge in [-0.3, -0.25) is 28.8 Å². The van der Waals surface area contributed by atoms with Gasteiger partial charge in [-0.25, -0.2) is 4.79 Å². The summed E-state index contributed by atoms with van der Waals surface area (Å²) in [4.78, 5) is 96.8. The van der Waals surface area contributed by atoms with E-state index in [1.54, 1.807) is 70.1 Å². The molecular weight excluding hydrogens is 680 g/mol. The van der Waals surface area contributed by atoms with E-state index in [9.17, 15) is 33.6 Å². The number of nitrogens with one attached hydrogen (secondary N) is 4. The number of likely N-dealkylation sites (N-methyl/N-ethyl adjacent to an activating group) is 1. The maximum absolute atomic E-state index is 14.4. The number of rotatable bonds is 15. The summed E-state index contributed by atoms with van der Waals surface area (Å²) in [7, 11) is 3.13. The summed E-state index contributed by atoms with van der Waals surface area (Å²) in [6, 6.07) is 4.60. The lowest BCUT2D eigenvalue weighted by atomic mass is 9.83. The van der Waals surface area contributed by atoms with E-state index in [-0.39, 0.29) is 36.1 Å². The zero-order valence-electron chi connectivity index (χ0n) is 32.1. The molecule has 2 aliphatic carbocycles. The molecule has 14 nitrogen and oxygen atoms in total. The molecule has 6 atom stereocenters. The Labute approximate surface area is 312 Å². The molecule has 4 N–H and O–H groups in total. The molecular formula is C39H58N6O8. The van der Waals surface area contributed by atoms with Crippen LogP contribution in [0, 0.1) is 11.8 Å². The molecule has 1 aromatic carbocycles. The smallest absolute Gasteiger partial charge is 0.408 e. The predicted molar refractivity (Wildman–Crippen MR) is 197 cm³/mol. The number of likely N-dealkylation sites (tertiary alicyclic amines) is 1. The van der Waals surface area contributed by atoms with Crippen LogP contribution in [0.25, 0.3) is 0 Å². The number of carbonyl (C=O) groups is 7. The molecule has 3 unspecified atom stereocenters. The molecule has 1 aromatic rings. The van der Waals surface area contributed by atoms with Gasteiger partial charge < -0.3 is 35.8 Å². The Kier molecular flexibility index (Phi) is 14.4. The topological polar surface area (TPSA) is 183 Å². The normalized spacial score (nSPS) is 21.5. The van der Waals surface area contributed by atoms with Gasteiger partial charge in [0.25, 0.3) is 5.91 Å². The van der Waals surface area contributed by atoms with Crippen LogP contribution in [-0.2, 0) is 33.5 Å². The molecule has 3 aliphatic rings. The van der Waals surface area contributed by atoms with Crippen molar-refractivity contribution in [1.82, 2.24) is 31.1 Å². The minimum absolute atomic E-state index is 0.102. The van der Waals surface area contributed by atoms with Gasteiger partial charge in [0.2, 0.25) is 29.4 Å². The van der Waals surface area contributed by atoms with Gasteiger partial charge in [-0.2, -0.15) is 0 Å². The number of unbranched alkanes of at least 4 members (excludes halogenated alkanes) is 1. The van der Waals surface area contributed by atoms with Gasteiger partial charge in [0.1, 0.15) is 23.7 Å². The molecule has 1 aliphatic heterocycles. The van der Waals surface area contributed by atoms with E-state index < -0.39 is 65.9 Å². The van der Waals surface area contributed by atoms with E-state index in [2.05, 4.69) is 21.3 Å². The number of nitrogens with zero attached hydrogens (tertiary/aromatic N) is 2. The third-order valence-electron chi connectivity index (χ3n) is 10.4. The maximum atomic E-state index is 14.4. The van der Waals surface area contributed by atoms with Gasteiger partial charge in [0.15, 0.2) is 0 Å². The summed E-state index contributed by atoms with van der Waals surface area (Å²) < 4.78 is 5.52. The van der Waals surface area contributed by atoms with Crippen molar-refractivity contribution in [3.8, 4) is 0 Å². The Bertz CT molecular complexity index is 1490. The Balaban J connectivity index is 1.45. The van der Waals surface area contributed by atoms with Crippen LogP contribution in [0.5, 0.6) is 0 Å². The molecule has 53 heavy (non-hydrogen) atoms. The van der Waals surface area contributed by atoms with Gasteiger partial charge in [0.05, 0.1) is 12.6 Å². The number of piperidine rings is 1. The first-order chi connectivity index (χ1) is 25.1. The highest BCUT2D eigenvalue weighted by Crippen LogP contribution is 2.43. The molecule has 6 amide bonds. The second-order valence-electron chi connectivity index (χ2n) is 15.8. The molecule has 292 valence electrons. The Morgan fingerprint density at radius 3 is 2.21 bits per heavy atom. The Morgan fingerprint density at radius 2 is 1.58 bits per heavy atom. The van der Waals surface area contributed by atoms with Gasteiger partial charge in [-0.05, 0) is 76.7 Å². The largest absolute Gasteiger partial charge is 0.444 e. The van der Waals surface area contributed by atoms with Crippen LogP contribution >= 0.6 is 0 Å². The van der Waals surface area contributed by atoms with Gasteiger partial charge >= 0.3 is 6.09 Å². The van der Waals surface area contributed by atoms with Crippen molar-refractivity contribution < 1.29 is 38.3 Å². The van der Waals surface area contributed by atoms with Crippen LogP contribution in [0.4, 0.5) is 4.79 Å². The fraction of sp³-hybridized carbons (Fsp3) is 0.667. The fourth-order valence-corrected chi connectivity index (χ4v) is 7.83. The summed E-state index contributed by atoms with van der Waals surface area (Å²) in [6.45, 7) is 6.62. The summed E-state index contributed by atoms with van der Waals surface area (Å²) in [5.74, 6) is -4.06. The van der Waals surface area contributed by atoms with E-state index in [0.717, 1.165) is 44.9 Å². The van der Waals surface area contributed by atoms with Gasteiger partial charge in [-0.1, -0.05) is 69.4 Å². The van der Waals surface area contributed by atoms with Crippen molar-refractivity contribution >= 4 is 41.4 Å². The number of amides is 6. The summed E-state index contributed by atoms with van der Waals surface area (Å²) >= 11 is 0. The number of hydrogen-bond donors (Lipinski definition) is 4. The molecule has 3 fully saturated rings. The monoisotopic (exact) mass is 738 g/mol. The molecule has 14 heteroatoms. The average Bonchev–Trinajstić information content (AvgIpc) is 3.75. The van der Waals surface area contributed by atoms with Crippen molar-refractivity contribution in [1.29, 1.82) is 0 Å². The predicted octanol–water partition coefficient (Wildman–Crippen LogP) is 3.15. The van der Waals surface area contributed by atoms with Crippen molar-refractivity contribution in [2.45, 2.75) is 134 Å². The molecule has 0 aromatic heterocycles. The van der Waals surface area contributed by atoms with E-state index in [1.165, 1.54) is 4.90 Å². The minimum Gasteiger partial charge on any atom is -0.444 e. The first kappa shape index (κ1) is 41.3. The highest BCUT2D eigenvalue weighted by atomic mass is 16.6. The standard InChI is InChI=1S/C39H58N6O8/c1-7-8-19-28(33(47)35(49)40-23-29(46)42-30(36(50)44(5)6)24-15-11-9-12-16-24)41-34(48)32-26-20-21-27(22-26)45(32)37(51)31(25-17-13-10-14-18-25)43-38(52)53-39(2,3)4/h9,11-12,15-16,25-28,30-32H,7-8,10,13-14,17-23H2,1-6H3,(H,40,49)(H,41,48)(H,42,46)(H,43,52)/t26?,27?,28?,30-,31+,32+/m1/s1. The van der Waals surface area contributed by atoms with Crippen LogP contribution in [-0.4, -0.2) is 102 Å². The quantitative estimate of drug-likeness (QED) is 0.198. The lowest BCUT2D eigenvalue weighted by molar-refractivity contribution is -0.147. The summed E-state index contributed by atoms with van der Waals surface area (Å²) in [5.41, 5.74) is -0.200. The molecule has 1 heterocycles. The van der Waals surface area contributed by atoms with Crippen molar-refractivity contribution in [2.75, 3.05) is 20.6 Å². The second kappa shape index (κ2) is 18.5. The first-order valence-electron chi connectivity index (χ1n) is 19.1. The third kappa shape index (κ3) is 11.0. The number of carbonyl (C=O) groups excluding carboxylic acids is 7. The van der Waals surface area contributed by atoms with Crippen LogP contribution in [0.2, 0.25) is 0 Å². The van der Waals surface area contributed by atoms with Crippen molar-refractivity contribution in [3.63, 3.8) is 0 Å². The average molecular weight is 739 g/mol. The molecule has 2 bridgehead atoms. The number of alkyl carbamates (subject to hydrolysis) is 1. The third-order valence-corrected chi connectivity index (χ3v) is 10.4. The van der Waals surface area contributed by atoms with Crippen LogP contribution < -0.4 is 21.3 Å². The minimum atomic E-state index is -1.18. The fourth-order valence-electron chi connectivity index (χ4n) is 7.83. The second-order valence-corrected chi connectivity index (χ2v) is 15.8. The molecule has 2 saturated carbocycles. The number of fused-ring (bicyclic) bond motifs is 2. The zero-order chi connectivity index (χ0) is 38.9. The number of ketones is 1. The highest BCUT2D eigenvalue weighted by Gasteiger charge is 2.53. The Morgan fingerprint density at radius 1 is 0.906 bits per heavy atom. The van der Waals surface area contributed by atoms with E-state index in [1.807, 2.05) is 6.92 Å². The maximum Gasteiger partial charge on any atom is 0.408 e. The molecule has 0 radical (unpaired) electrons. The first-order valence-corrected chi connectivity index (χ1v) is 19.1. The van der Waals surface area contributed by atoms with Crippen LogP contribution in [0.3, 0.4) is 0 Å². The van der Waals surface area contributed by atoms with Gasteiger partial charge in [-0.15, -0.1) is 0 Å². The van der Waals surface area contributed by atoms with Crippen molar-refractivity contribution in [2.24, 2.45) is 11.8 Å². The lowest BCUT2D eigenvalue weighted by Crippen LogP contribution is -2.61. The molecule has 1 saturated heterocycles. The lowest BCUT2D eigenvalue weighted by Gasteiger charge is -2.40. The number of Topliss-reactive ketones (excluding diaryl/α,β-unsaturated/α-hetero) is 1. The number of benzene rings is 1. The summed E-state index contributed by atoms with van der Waals surface area (Å²) in [5, 5.41) is 10.6. The number of ether oxygens (including phenoxy) is 1. The number of hydrogen-bond acceptors (Lipinski definition) is 8. The van der Waals surface area contributed by atoms with E-state index >= 15 is 0 Å². The molecule has 4 rings (SSSR count). The Hall–Kier alpha value is -4.49. The van der Waals surface area contributed by atoms with Crippen LogP contribution in [0.1, 0.15) is 110 Å². The van der Waals surface area contributed by atoms with Gasteiger partial charge in [0, 0.05) is 20.1 Å². The zero-order valence-corrected chi connectivity index (χ0v) is 32.1. The molecule has 0 spiro atoms. The summed E-state index contributed by atoms with van der Waals surface area (Å²) in [6.07, 6.45) is 7.32. The highest BCUT2D eigenvalue weighted by molar-refractivity contribution is 6.38. The van der Waals surface area contributed by atoms with E-state index in [4.69, 9.17) is 4.74 Å². The van der Waals surface area contributed by atoms with Crippen molar-refractivity contribution in [3.05, 3.63) is 35.9 Å². The SMILES string of the molecule is CCCCC(NC(=O)[C@@H]1C2CCC(C2)N1C(=O)[C@@H](NC(=O)OC(C)(C)C)C1CCCCC1)C(=O)C(=O)NCC(=O)N[C@@H](C(=O)N(C)C)c1ccccc1. The van der Waals surface area contributed by atoms with E-state index in [0.29, 0.717) is 24.8 Å². The van der Waals surface area contributed by atoms with Crippen LogP contribution in [0.15, 0.2) is 30.3 Å².